The van der Waals surface area contributed by atoms with Crippen LogP contribution in [0.5, 0.6) is 0 Å². The van der Waals surface area contributed by atoms with E-state index in [9.17, 15) is 19.7 Å². The highest BCUT2D eigenvalue weighted by Gasteiger charge is 2.40. The Morgan fingerprint density at radius 1 is 1.24 bits per heavy atom. The molecule has 1 heterocycles. The van der Waals surface area contributed by atoms with Gasteiger partial charge in [-0.1, -0.05) is 39.8 Å². The monoisotopic (exact) mass is 475 g/mol. The van der Waals surface area contributed by atoms with Crippen molar-refractivity contribution in [3.05, 3.63) is 68.7 Å². The van der Waals surface area contributed by atoms with E-state index in [-0.39, 0.29) is 34.7 Å². The number of amides is 2. The van der Waals surface area contributed by atoms with Gasteiger partial charge in [-0.05, 0) is 30.3 Å². The van der Waals surface area contributed by atoms with E-state index >= 15 is 0 Å². The Morgan fingerprint density at radius 3 is 2.62 bits per heavy atom. The molecule has 1 fully saturated rings. The Bertz CT molecular complexity index is 1030. The van der Waals surface area contributed by atoms with Gasteiger partial charge in [0.2, 0.25) is 11.8 Å². The number of nitro groups is 1. The van der Waals surface area contributed by atoms with Crippen molar-refractivity contribution in [2.75, 3.05) is 4.90 Å². The number of thioether (sulfide) groups is 1. The predicted molar refractivity (Wildman–Crippen MR) is 115 cm³/mol. The second-order valence-corrected chi connectivity index (χ2v) is 7.99. The van der Waals surface area contributed by atoms with Gasteiger partial charge in [-0.2, -0.15) is 5.10 Å². The molecule has 1 aliphatic heterocycles. The zero-order valence-corrected chi connectivity index (χ0v) is 17.2. The van der Waals surface area contributed by atoms with Gasteiger partial charge in [-0.15, -0.1) is 5.10 Å². The molecule has 148 valence electrons. The third kappa shape index (κ3) is 4.87. The van der Waals surface area contributed by atoms with Gasteiger partial charge in [0, 0.05) is 17.0 Å². The van der Waals surface area contributed by atoms with Gasteiger partial charge in [0.25, 0.3) is 5.69 Å². The number of halogens is 1. The van der Waals surface area contributed by atoms with Crippen molar-refractivity contribution in [3.8, 4) is 0 Å². The summed E-state index contributed by atoms with van der Waals surface area (Å²) >= 11 is 4.23. The second kappa shape index (κ2) is 8.97. The molecule has 0 aromatic heterocycles. The van der Waals surface area contributed by atoms with E-state index in [0.717, 1.165) is 21.1 Å². The maximum absolute atomic E-state index is 12.6. The van der Waals surface area contributed by atoms with Crippen LogP contribution in [0.1, 0.15) is 12.0 Å². The molecule has 2 aromatic rings. The molecule has 2 aromatic carbocycles. The molecule has 29 heavy (non-hydrogen) atoms. The van der Waals surface area contributed by atoms with E-state index in [4.69, 9.17) is 5.73 Å². The van der Waals surface area contributed by atoms with Crippen LogP contribution in [0.25, 0.3) is 0 Å². The van der Waals surface area contributed by atoms with Gasteiger partial charge in [-0.3, -0.25) is 19.7 Å². The van der Waals surface area contributed by atoms with E-state index in [1.807, 2.05) is 0 Å². The van der Waals surface area contributed by atoms with Crippen molar-refractivity contribution in [3.63, 3.8) is 0 Å². The van der Waals surface area contributed by atoms with Gasteiger partial charge in [0.1, 0.15) is 5.25 Å². The van der Waals surface area contributed by atoms with E-state index in [1.165, 1.54) is 18.3 Å². The smallest absolute Gasteiger partial charge is 0.278 e. The minimum Gasteiger partial charge on any atom is -0.377 e. The summed E-state index contributed by atoms with van der Waals surface area (Å²) in [5.41, 5.74) is 6.45. The van der Waals surface area contributed by atoms with E-state index in [2.05, 4.69) is 26.1 Å². The summed E-state index contributed by atoms with van der Waals surface area (Å²) < 4.78 is 0.833. The third-order valence-electron chi connectivity index (χ3n) is 3.94. The number of imide groups is 1. The molecular weight excluding hydrogens is 462 g/mol. The molecule has 1 atom stereocenters. The third-order valence-corrected chi connectivity index (χ3v) is 5.44. The standard InChI is InChI=1S/C18H14BrN5O4S/c19-12-5-7-13(8-6-12)23-16(25)9-15(17(23)26)29-18(20)22-21-10-11-3-1-2-4-14(11)24(27)28/h1-8,10,15H,9H2,(H2,20,22)/b21-10+. The number of hydrogen-bond acceptors (Lipinski definition) is 7. The lowest BCUT2D eigenvalue weighted by Gasteiger charge is -2.14. The summed E-state index contributed by atoms with van der Waals surface area (Å²) in [5.74, 6) is -0.714. The van der Waals surface area contributed by atoms with Gasteiger partial charge in [0.15, 0.2) is 5.17 Å². The van der Waals surface area contributed by atoms with Gasteiger partial charge in [-0.25, -0.2) is 4.90 Å². The fourth-order valence-corrected chi connectivity index (χ4v) is 3.72. The lowest BCUT2D eigenvalue weighted by molar-refractivity contribution is -0.385. The largest absolute Gasteiger partial charge is 0.377 e. The number of anilines is 1. The minimum absolute atomic E-state index is 0.0103. The van der Waals surface area contributed by atoms with Crippen molar-refractivity contribution < 1.29 is 14.5 Å². The predicted octanol–water partition coefficient (Wildman–Crippen LogP) is 3.07. The number of nitrogens with zero attached hydrogens (tertiary/aromatic N) is 4. The second-order valence-electron chi connectivity index (χ2n) is 5.85. The number of nitro benzene ring substituents is 1. The summed E-state index contributed by atoms with van der Waals surface area (Å²) in [5, 5.41) is 17.8. The van der Waals surface area contributed by atoms with Crippen molar-refractivity contribution >= 4 is 62.3 Å². The van der Waals surface area contributed by atoms with Crippen LogP contribution in [0, 0.1) is 10.1 Å². The molecule has 11 heteroatoms. The van der Waals surface area contributed by atoms with Crippen molar-refractivity contribution in [2.24, 2.45) is 15.9 Å². The molecule has 0 aliphatic carbocycles. The zero-order valence-electron chi connectivity index (χ0n) is 14.8. The normalized spacial score (nSPS) is 17.3. The van der Waals surface area contributed by atoms with Crippen LogP contribution in [0.2, 0.25) is 0 Å². The molecule has 0 saturated carbocycles. The van der Waals surface area contributed by atoms with Crippen LogP contribution in [0.15, 0.2) is 63.2 Å². The number of carbonyl (C=O) groups excluding carboxylic acids is 2. The Morgan fingerprint density at radius 2 is 1.93 bits per heavy atom. The summed E-state index contributed by atoms with van der Waals surface area (Å²) in [6.45, 7) is 0. The van der Waals surface area contributed by atoms with Crippen LogP contribution >= 0.6 is 27.7 Å². The molecule has 1 unspecified atom stereocenters. The van der Waals surface area contributed by atoms with E-state index in [0.29, 0.717) is 5.69 Å². The fraction of sp³-hybridized carbons (Fsp3) is 0.111. The summed E-state index contributed by atoms with van der Waals surface area (Å²) in [6.07, 6.45) is 1.20. The van der Waals surface area contributed by atoms with E-state index in [1.54, 1.807) is 36.4 Å². The average molecular weight is 476 g/mol. The number of rotatable bonds is 5. The highest BCUT2D eigenvalue weighted by atomic mass is 79.9. The zero-order chi connectivity index (χ0) is 21.0. The Kier molecular flexibility index (Phi) is 6.39. The summed E-state index contributed by atoms with van der Waals surface area (Å²) in [7, 11) is 0. The first-order chi connectivity index (χ1) is 13.9. The maximum Gasteiger partial charge on any atom is 0.278 e. The van der Waals surface area contributed by atoms with Crippen molar-refractivity contribution in [1.82, 2.24) is 0 Å². The first-order valence-corrected chi connectivity index (χ1v) is 9.93. The average Bonchev–Trinajstić information content (AvgIpc) is 2.96. The molecule has 0 radical (unpaired) electrons. The molecule has 3 rings (SSSR count). The molecular formula is C18H14BrN5O4S. The number of amidine groups is 1. The highest BCUT2D eigenvalue weighted by molar-refractivity contribution is 9.10. The first kappa shape index (κ1) is 20.7. The van der Waals surface area contributed by atoms with Gasteiger partial charge < -0.3 is 5.73 Å². The first-order valence-electron chi connectivity index (χ1n) is 8.25. The summed E-state index contributed by atoms with van der Waals surface area (Å²) in [4.78, 5) is 36.4. The Hall–Kier alpha value is -3.05. The van der Waals surface area contributed by atoms with Crippen molar-refractivity contribution in [2.45, 2.75) is 11.7 Å². The molecule has 2 amide bonds. The summed E-state index contributed by atoms with van der Waals surface area (Å²) in [6, 6.07) is 12.9. The Labute approximate surface area is 177 Å². The molecule has 9 nitrogen and oxygen atoms in total. The lowest BCUT2D eigenvalue weighted by atomic mass is 10.2. The molecule has 1 aliphatic rings. The number of nitrogens with two attached hydrogens (primary N) is 1. The molecule has 0 spiro atoms. The van der Waals surface area contributed by atoms with E-state index < -0.39 is 10.2 Å². The van der Waals surface area contributed by atoms with Crippen LogP contribution in [-0.2, 0) is 9.59 Å². The number of para-hydroxylation sites is 1. The van der Waals surface area contributed by atoms with Gasteiger partial charge >= 0.3 is 0 Å². The number of benzene rings is 2. The number of carbonyl (C=O) groups is 2. The quantitative estimate of drug-likeness (QED) is 0.232. The fourth-order valence-electron chi connectivity index (χ4n) is 2.64. The lowest BCUT2D eigenvalue weighted by Crippen LogP contribution is -2.31. The van der Waals surface area contributed by atoms with Crippen LogP contribution in [0.4, 0.5) is 11.4 Å². The SMILES string of the molecule is N/C(=N\N=C\c1ccccc1[N+](=O)[O-])SC1CC(=O)N(c2ccc(Br)cc2)C1=O. The minimum atomic E-state index is -0.712. The van der Waals surface area contributed by atoms with Crippen LogP contribution in [0.3, 0.4) is 0 Å². The Balaban J connectivity index is 1.68. The highest BCUT2D eigenvalue weighted by Crippen LogP contribution is 2.30. The number of hydrogen-bond donors (Lipinski definition) is 1. The van der Waals surface area contributed by atoms with Gasteiger partial charge in [0.05, 0.1) is 22.4 Å². The maximum atomic E-state index is 12.6. The molecule has 1 saturated heterocycles. The van der Waals surface area contributed by atoms with Crippen LogP contribution in [-0.4, -0.2) is 33.4 Å². The molecule has 2 N–H and O–H groups in total. The van der Waals surface area contributed by atoms with Crippen molar-refractivity contribution in [1.29, 1.82) is 0 Å². The topological polar surface area (TPSA) is 131 Å². The molecule has 0 bridgehead atoms. The van der Waals surface area contributed by atoms with Crippen LogP contribution < -0.4 is 10.6 Å².